The van der Waals surface area contributed by atoms with E-state index in [1.165, 1.54) is 12.8 Å². The minimum atomic E-state index is -0.461. The highest BCUT2D eigenvalue weighted by Crippen LogP contribution is 2.32. The maximum atomic E-state index is 11.9. The molecule has 2 rings (SSSR count). The lowest BCUT2D eigenvalue weighted by atomic mass is 10.2. The smallest absolute Gasteiger partial charge is 0.407 e. The second kappa shape index (κ2) is 6.66. The summed E-state index contributed by atoms with van der Waals surface area (Å²) >= 11 is 1.65. The molecule has 0 aromatic carbocycles. The molecule has 4 N–H and O–H groups in total. The van der Waals surface area contributed by atoms with Crippen LogP contribution in [0.15, 0.2) is 11.4 Å². The Labute approximate surface area is 130 Å². The minimum absolute atomic E-state index is 0.126. The molecule has 5 nitrogen and oxygen atoms in total. The maximum absolute atomic E-state index is 11.9. The average Bonchev–Trinajstić information content (AvgIpc) is 3.11. The van der Waals surface area contributed by atoms with Gasteiger partial charge in [0.2, 0.25) is 0 Å². The fourth-order valence-corrected chi connectivity index (χ4v) is 2.90. The number of hydrogen-bond donors (Lipinski definition) is 3. The summed E-state index contributed by atoms with van der Waals surface area (Å²) in [5, 5.41) is 8.35. The normalized spacial score (nSPS) is 16.5. The van der Waals surface area contributed by atoms with Crippen molar-refractivity contribution in [2.24, 2.45) is 5.92 Å². The molecule has 1 unspecified atom stereocenters. The molecule has 1 aliphatic carbocycles. The monoisotopic (exact) mass is 311 g/mol. The third kappa shape index (κ3) is 5.55. The zero-order valence-corrected chi connectivity index (χ0v) is 13.8. The molecular formula is C15H25N3O2S. The standard InChI is InChI=1S/C15H25N3O2S/c1-15(2,3)20-14(19)18-12(10-4-5-10)8-17-9-13-11(16)6-7-21-13/h6-7,10,12,17H,4-5,8-9,16H2,1-3H3,(H,18,19). The number of amides is 1. The molecule has 1 aromatic rings. The number of nitrogen functional groups attached to an aromatic ring is 1. The second-order valence-electron chi connectivity index (χ2n) is 6.52. The highest BCUT2D eigenvalue weighted by molar-refractivity contribution is 7.10. The number of nitrogens with two attached hydrogens (primary N) is 1. The molecule has 0 saturated heterocycles. The van der Waals surface area contributed by atoms with Gasteiger partial charge in [0.15, 0.2) is 0 Å². The molecule has 1 atom stereocenters. The van der Waals surface area contributed by atoms with Crippen LogP contribution in [0.2, 0.25) is 0 Å². The van der Waals surface area contributed by atoms with E-state index in [0.29, 0.717) is 5.92 Å². The Morgan fingerprint density at radius 2 is 2.24 bits per heavy atom. The lowest BCUT2D eigenvalue weighted by molar-refractivity contribution is 0.0497. The number of thiophene rings is 1. The van der Waals surface area contributed by atoms with Crippen molar-refractivity contribution >= 4 is 23.1 Å². The quantitative estimate of drug-likeness (QED) is 0.755. The van der Waals surface area contributed by atoms with Gasteiger partial charge < -0.3 is 21.1 Å². The molecule has 21 heavy (non-hydrogen) atoms. The van der Waals surface area contributed by atoms with Gasteiger partial charge in [0.1, 0.15) is 5.60 Å². The predicted octanol–water partition coefficient (Wildman–Crippen LogP) is 2.72. The molecular weight excluding hydrogens is 286 g/mol. The van der Waals surface area contributed by atoms with Crippen LogP contribution < -0.4 is 16.4 Å². The van der Waals surface area contributed by atoms with E-state index in [9.17, 15) is 4.79 Å². The molecule has 1 heterocycles. The van der Waals surface area contributed by atoms with Gasteiger partial charge in [-0.15, -0.1) is 11.3 Å². The van der Waals surface area contributed by atoms with Crippen molar-refractivity contribution in [1.82, 2.24) is 10.6 Å². The van der Waals surface area contributed by atoms with Crippen molar-refractivity contribution < 1.29 is 9.53 Å². The highest BCUT2D eigenvalue weighted by Gasteiger charge is 2.33. The summed E-state index contributed by atoms with van der Waals surface area (Å²) in [4.78, 5) is 13.0. The predicted molar refractivity (Wildman–Crippen MR) is 86.3 cm³/mol. The van der Waals surface area contributed by atoms with Crippen LogP contribution in [0.3, 0.4) is 0 Å². The van der Waals surface area contributed by atoms with E-state index in [2.05, 4.69) is 10.6 Å². The van der Waals surface area contributed by atoms with Gasteiger partial charge in [-0.1, -0.05) is 0 Å². The summed E-state index contributed by atoms with van der Waals surface area (Å²) in [6.45, 7) is 7.09. The molecule has 1 fully saturated rings. The highest BCUT2D eigenvalue weighted by atomic mass is 32.1. The third-order valence-electron chi connectivity index (χ3n) is 3.32. The largest absolute Gasteiger partial charge is 0.444 e. The first-order valence-corrected chi connectivity index (χ1v) is 8.25. The molecule has 1 aliphatic rings. The van der Waals surface area contributed by atoms with E-state index in [4.69, 9.17) is 10.5 Å². The molecule has 0 radical (unpaired) electrons. The fraction of sp³-hybridized carbons (Fsp3) is 0.667. The van der Waals surface area contributed by atoms with Crippen molar-refractivity contribution in [2.75, 3.05) is 12.3 Å². The summed E-state index contributed by atoms with van der Waals surface area (Å²) < 4.78 is 5.32. The van der Waals surface area contributed by atoms with Crippen molar-refractivity contribution in [2.45, 2.75) is 51.8 Å². The summed E-state index contributed by atoms with van der Waals surface area (Å²) in [6.07, 6.45) is 2.00. The van der Waals surface area contributed by atoms with Crippen LogP contribution in [0.4, 0.5) is 10.5 Å². The Balaban J connectivity index is 1.77. The molecule has 1 saturated carbocycles. The van der Waals surface area contributed by atoms with Crippen LogP contribution in [0.1, 0.15) is 38.5 Å². The topological polar surface area (TPSA) is 76.4 Å². The van der Waals surface area contributed by atoms with Gasteiger partial charge >= 0.3 is 6.09 Å². The first-order valence-electron chi connectivity index (χ1n) is 7.37. The van der Waals surface area contributed by atoms with Gasteiger partial charge in [-0.2, -0.15) is 0 Å². The van der Waals surface area contributed by atoms with Crippen molar-refractivity contribution in [3.8, 4) is 0 Å². The summed E-state index contributed by atoms with van der Waals surface area (Å²) in [5.74, 6) is 0.561. The first-order chi connectivity index (χ1) is 9.85. The summed E-state index contributed by atoms with van der Waals surface area (Å²) in [7, 11) is 0. The van der Waals surface area contributed by atoms with Gasteiger partial charge in [-0.3, -0.25) is 0 Å². The summed E-state index contributed by atoms with van der Waals surface area (Å²) in [5.41, 5.74) is 6.23. The van der Waals surface area contributed by atoms with Crippen molar-refractivity contribution in [1.29, 1.82) is 0 Å². The van der Waals surface area contributed by atoms with Gasteiger partial charge in [0.25, 0.3) is 0 Å². The van der Waals surface area contributed by atoms with Gasteiger partial charge in [-0.25, -0.2) is 4.79 Å². The number of alkyl carbamates (subject to hydrolysis) is 1. The maximum Gasteiger partial charge on any atom is 0.407 e. The Morgan fingerprint density at radius 3 is 2.76 bits per heavy atom. The lowest BCUT2D eigenvalue weighted by Crippen LogP contribution is -2.45. The van der Waals surface area contributed by atoms with Crippen molar-refractivity contribution in [3.05, 3.63) is 16.3 Å². The Kier molecular flexibility index (Phi) is 5.11. The molecule has 0 spiro atoms. The van der Waals surface area contributed by atoms with E-state index >= 15 is 0 Å². The zero-order chi connectivity index (χ0) is 15.5. The van der Waals surface area contributed by atoms with E-state index in [0.717, 1.165) is 23.7 Å². The SMILES string of the molecule is CC(C)(C)OC(=O)NC(CNCc1sccc1N)C1CC1. The van der Waals surface area contributed by atoms with Crippen LogP contribution in [0, 0.1) is 5.92 Å². The Bertz CT molecular complexity index is 478. The molecule has 1 amide bonds. The van der Waals surface area contributed by atoms with E-state index in [-0.39, 0.29) is 12.1 Å². The van der Waals surface area contributed by atoms with Gasteiger partial charge in [0, 0.05) is 29.7 Å². The van der Waals surface area contributed by atoms with E-state index in [1.54, 1.807) is 11.3 Å². The van der Waals surface area contributed by atoms with Crippen LogP contribution in [0.5, 0.6) is 0 Å². The zero-order valence-electron chi connectivity index (χ0n) is 12.9. The van der Waals surface area contributed by atoms with Crippen LogP contribution in [-0.4, -0.2) is 24.3 Å². The van der Waals surface area contributed by atoms with Gasteiger partial charge in [0.05, 0.1) is 0 Å². The Hall–Kier alpha value is -1.27. The average molecular weight is 311 g/mol. The van der Waals surface area contributed by atoms with Crippen LogP contribution in [0.25, 0.3) is 0 Å². The number of carbonyl (C=O) groups excluding carboxylic acids is 1. The molecule has 118 valence electrons. The molecule has 6 heteroatoms. The van der Waals surface area contributed by atoms with E-state index < -0.39 is 5.60 Å². The number of nitrogens with one attached hydrogen (secondary N) is 2. The summed E-state index contributed by atoms with van der Waals surface area (Å²) in [6, 6.07) is 2.04. The molecule has 0 aliphatic heterocycles. The number of rotatable bonds is 6. The number of carbonyl (C=O) groups is 1. The number of hydrogen-bond acceptors (Lipinski definition) is 5. The fourth-order valence-electron chi connectivity index (χ4n) is 2.13. The Morgan fingerprint density at radius 1 is 1.52 bits per heavy atom. The third-order valence-corrected chi connectivity index (χ3v) is 4.26. The van der Waals surface area contributed by atoms with E-state index in [1.807, 2.05) is 32.2 Å². The van der Waals surface area contributed by atoms with Crippen LogP contribution >= 0.6 is 11.3 Å². The first kappa shape index (κ1) is 16.1. The minimum Gasteiger partial charge on any atom is -0.444 e. The van der Waals surface area contributed by atoms with Crippen LogP contribution in [-0.2, 0) is 11.3 Å². The number of ether oxygens (including phenoxy) is 1. The van der Waals surface area contributed by atoms with Gasteiger partial charge in [-0.05, 0) is 51.0 Å². The second-order valence-corrected chi connectivity index (χ2v) is 7.52. The molecule has 0 bridgehead atoms. The molecule has 1 aromatic heterocycles. The number of anilines is 1. The lowest BCUT2D eigenvalue weighted by Gasteiger charge is -2.24. The van der Waals surface area contributed by atoms with Crippen molar-refractivity contribution in [3.63, 3.8) is 0 Å².